The highest BCUT2D eigenvalue weighted by atomic mass is 16.5. The van der Waals surface area contributed by atoms with Gasteiger partial charge in [0.25, 0.3) is 0 Å². The number of hydrogen-bond acceptors (Lipinski definition) is 6. The molecule has 0 saturated carbocycles. The largest absolute Gasteiger partial charge is 0.466 e. The van der Waals surface area contributed by atoms with Crippen LogP contribution >= 0.6 is 0 Å². The van der Waals surface area contributed by atoms with Gasteiger partial charge in [-0.15, -0.1) is 0 Å². The molecule has 2 aliphatic rings. The number of nitrogens with one attached hydrogen (secondary N) is 3. The van der Waals surface area contributed by atoms with Crippen LogP contribution in [0.5, 0.6) is 0 Å². The molecule has 9 nitrogen and oxygen atoms in total. The number of amides is 3. The van der Waals surface area contributed by atoms with E-state index in [9.17, 15) is 19.2 Å². The summed E-state index contributed by atoms with van der Waals surface area (Å²) < 4.78 is 4.91. The number of carbonyl (C=O) groups excluding carboxylic acids is 4. The molecular weight excluding hydrogens is 388 g/mol. The predicted octanol–water partition coefficient (Wildman–Crippen LogP) is 0.536. The van der Waals surface area contributed by atoms with Gasteiger partial charge in [0.2, 0.25) is 17.7 Å². The summed E-state index contributed by atoms with van der Waals surface area (Å²) in [6, 6.07) is 0. The lowest BCUT2D eigenvalue weighted by Crippen LogP contribution is -2.53. The summed E-state index contributed by atoms with van der Waals surface area (Å²) >= 11 is 0. The number of likely N-dealkylation sites (tertiary alicyclic amines) is 1. The molecule has 30 heavy (non-hydrogen) atoms. The van der Waals surface area contributed by atoms with Crippen molar-refractivity contribution in [3.05, 3.63) is 0 Å². The van der Waals surface area contributed by atoms with E-state index in [0.717, 1.165) is 38.8 Å². The third kappa shape index (κ3) is 8.30. The number of carbonyl (C=O) groups is 4. The van der Waals surface area contributed by atoms with E-state index in [1.807, 2.05) is 0 Å². The summed E-state index contributed by atoms with van der Waals surface area (Å²) in [7, 11) is 0. The van der Waals surface area contributed by atoms with E-state index in [1.54, 1.807) is 11.8 Å². The quantitative estimate of drug-likeness (QED) is 0.367. The fourth-order valence-corrected chi connectivity index (χ4v) is 4.13. The molecule has 0 unspecified atom stereocenters. The van der Waals surface area contributed by atoms with Crippen molar-refractivity contribution in [3.8, 4) is 0 Å². The van der Waals surface area contributed by atoms with Crippen molar-refractivity contribution in [3.63, 3.8) is 0 Å². The van der Waals surface area contributed by atoms with E-state index in [-0.39, 0.29) is 36.7 Å². The van der Waals surface area contributed by atoms with Gasteiger partial charge in [-0.25, -0.2) is 0 Å². The van der Waals surface area contributed by atoms with Crippen molar-refractivity contribution < 1.29 is 23.9 Å². The fraction of sp³-hybridized carbons (Fsp3) is 0.810. The molecule has 9 heteroatoms. The molecule has 2 atom stereocenters. The molecule has 0 radical (unpaired) electrons. The Morgan fingerprint density at radius 3 is 2.53 bits per heavy atom. The molecule has 0 aromatic rings. The second-order valence-electron chi connectivity index (χ2n) is 8.18. The molecule has 3 N–H and O–H groups in total. The summed E-state index contributed by atoms with van der Waals surface area (Å²) in [6.07, 6.45) is 4.14. The lowest BCUT2D eigenvalue weighted by atomic mass is 9.92. The molecule has 0 aliphatic carbocycles. The number of rotatable bonds is 9. The zero-order chi connectivity index (χ0) is 21.9. The number of piperidine rings is 2. The molecular formula is C21H36N4O5. The van der Waals surface area contributed by atoms with E-state index >= 15 is 0 Å². The summed E-state index contributed by atoms with van der Waals surface area (Å²) in [4.78, 5) is 50.4. The summed E-state index contributed by atoms with van der Waals surface area (Å²) in [5.41, 5.74) is 0. The molecule has 2 heterocycles. The van der Waals surface area contributed by atoms with Crippen molar-refractivity contribution in [1.29, 1.82) is 0 Å². The number of esters is 1. The number of ether oxygens (including phenoxy) is 1. The van der Waals surface area contributed by atoms with Crippen LogP contribution < -0.4 is 16.0 Å². The molecule has 2 saturated heterocycles. The monoisotopic (exact) mass is 424 g/mol. The van der Waals surface area contributed by atoms with Crippen LogP contribution in [0.15, 0.2) is 0 Å². The van der Waals surface area contributed by atoms with Crippen LogP contribution in [0.25, 0.3) is 0 Å². The number of hydrogen-bond donors (Lipinski definition) is 3. The number of nitrogens with zero attached hydrogens (tertiary/aromatic N) is 1. The molecule has 2 aliphatic heterocycles. The molecule has 0 aromatic carbocycles. The van der Waals surface area contributed by atoms with Crippen LogP contribution in [0.4, 0.5) is 0 Å². The van der Waals surface area contributed by atoms with E-state index in [1.165, 1.54) is 6.92 Å². The van der Waals surface area contributed by atoms with Gasteiger partial charge in [0, 0.05) is 26.4 Å². The van der Waals surface area contributed by atoms with Crippen LogP contribution in [0.3, 0.4) is 0 Å². The average Bonchev–Trinajstić information content (AvgIpc) is 2.72. The standard InChI is InChI=1S/C21H36N4O5/c1-3-30-20(28)13-18(23-15(2)26)24-21(29)17-5-4-12-25(14-17)19(27)7-6-16-8-10-22-11-9-16/h16-18,22H,3-14H2,1-2H3,(H,23,26)(H,24,29)/t17-,18+/m1/s1. The third-order valence-electron chi connectivity index (χ3n) is 5.74. The first-order valence-electron chi connectivity index (χ1n) is 11.1. The molecule has 3 amide bonds. The van der Waals surface area contributed by atoms with Crippen molar-refractivity contribution in [2.75, 3.05) is 32.8 Å². The van der Waals surface area contributed by atoms with Crippen molar-refractivity contribution >= 4 is 23.7 Å². The fourth-order valence-electron chi connectivity index (χ4n) is 4.13. The lowest BCUT2D eigenvalue weighted by molar-refractivity contribution is -0.144. The molecule has 0 bridgehead atoms. The summed E-state index contributed by atoms with van der Waals surface area (Å²) in [6.45, 7) is 6.35. The lowest BCUT2D eigenvalue weighted by Gasteiger charge is -2.33. The highest BCUT2D eigenvalue weighted by Gasteiger charge is 2.30. The van der Waals surface area contributed by atoms with Crippen molar-refractivity contribution in [2.24, 2.45) is 11.8 Å². The van der Waals surface area contributed by atoms with Gasteiger partial charge in [-0.3, -0.25) is 19.2 Å². The average molecular weight is 425 g/mol. The topological polar surface area (TPSA) is 117 Å². The first-order chi connectivity index (χ1) is 14.4. The minimum absolute atomic E-state index is 0.107. The van der Waals surface area contributed by atoms with Gasteiger partial charge >= 0.3 is 5.97 Å². The van der Waals surface area contributed by atoms with Gasteiger partial charge in [-0.05, 0) is 58.0 Å². The third-order valence-corrected chi connectivity index (χ3v) is 5.74. The van der Waals surface area contributed by atoms with Gasteiger partial charge in [0.05, 0.1) is 18.9 Å². The Balaban J connectivity index is 1.84. The molecule has 0 aromatic heterocycles. The smallest absolute Gasteiger partial charge is 0.309 e. The minimum atomic E-state index is -0.819. The Bertz CT molecular complexity index is 606. The van der Waals surface area contributed by atoms with Gasteiger partial charge in [0.15, 0.2) is 0 Å². The second kappa shape index (κ2) is 12.5. The van der Waals surface area contributed by atoms with E-state index in [0.29, 0.717) is 31.8 Å². The van der Waals surface area contributed by atoms with Crippen LogP contribution in [0.2, 0.25) is 0 Å². The first-order valence-corrected chi connectivity index (χ1v) is 11.1. The summed E-state index contributed by atoms with van der Waals surface area (Å²) in [5.74, 6) is -0.733. The highest BCUT2D eigenvalue weighted by Crippen LogP contribution is 2.21. The second-order valence-corrected chi connectivity index (χ2v) is 8.18. The molecule has 0 spiro atoms. The zero-order valence-corrected chi connectivity index (χ0v) is 18.2. The Morgan fingerprint density at radius 1 is 1.13 bits per heavy atom. The van der Waals surface area contributed by atoms with Gasteiger partial charge < -0.3 is 25.6 Å². The normalized spacial score (nSPS) is 20.9. The Morgan fingerprint density at radius 2 is 1.87 bits per heavy atom. The van der Waals surface area contributed by atoms with Crippen LogP contribution in [-0.2, 0) is 23.9 Å². The first kappa shape index (κ1) is 24.1. The highest BCUT2D eigenvalue weighted by molar-refractivity contribution is 5.83. The Kier molecular flexibility index (Phi) is 10.1. The zero-order valence-electron chi connectivity index (χ0n) is 18.2. The van der Waals surface area contributed by atoms with Gasteiger partial charge in [-0.2, -0.15) is 0 Å². The van der Waals surface area contributed by atoms with Gasteiger partial charge in [-0.1, -0.05) is 0 Å². The molecule has 2 rings (SSSR count). The maximum Gasteiger partial charge on any atom is 0.309 e. The molecule has 170 valence electrons. The van der Waals surface area contributed by atoms with Crippen LogP contribution in [-0.4, -0.2) is 67.5 Å². The van der Waals surface area contributed by atoms with E-state index < -0.39 is 12.1 Å². The van der Waals surface area contributed by atoms with Crippen LogP contribution in [0, 0.1) is 11.8 Å². The SMILES string of the molecule is CCOC(=O)C[C@@H](NC(C)=O)NC(=O)[C@@H]1CCCN(C(=O)CCC2CCNCC2)C1. The van der Waals surface area contributed by atoms with Crippen LogP contribution in [0.1, 0.15) is 58.8 Å². The molecule has 2 fully saturated rings. The maximum atomic E-state index is 12.7. The van der Waals surface area contributed by atoms with Crippen molar-refractivity contribution in [2.45, 2.75) is 65.0 Å². The van der Waals surface area contributed by atoms with Gasteiger partial charge in [0.1, 0.15) is 6.17 Å². The van der Waals surface area contributed by atoms with Crippen molar-refractivity contribution in [1.82, 2.24) is 20.9 Å². The summed E-state index contributed by atoms with van der Waals surface area (Å²) in [5, 5.41) is 8.64. The van der Waals surface area contributed by atoms with E-state index in [4.69, 9.17) is 4.74 Å². The Labute approximate surface area is 178 Å². The Hall–Kier alpha value is -2.16. The maximum absolute atomic E-state index is 12.7. The minimum Gasteiger partial charge on any atom is -0.466 e. The van der Waals surface area contributed by atoms with E-state index in [2.05, 4.69) is 16.0 Å². The predicted molar refractivity (Wildman–Crippen MR) is 111 cm³/mol.